The second-order valence-corrected chi connectivity index (χ2v) is 13.5. The van der Waals surface area contributed by atoms with E-state index in [-0.39, 0.29) is 35.6 Å². The molecule has 0 bridgehead atoms. The smallest absolute Gasteiger partial charge is 0.261 e. The summed E-state index contributed by atoms with van der Waals surface area (Å²) < 4.78 is 60.1. The van der Waals surface area contributed by atoms with E-state index in [0.717, 1.165) is 0 Å². The summed E-state index contributed by atoms with van der Waals surface area (Å²) in [5.74, 6) is -0.220. The van der Waals surface area contributed by atoms with Crippen LogP contribution in [0.3, 0.4) is 0 Å². The van der Waals surface area contributed by atoms with Gasteiger partial charge in [-0.15, -0.1) is 0 Å². The Bertz CT molecular complexity index is 1540. The molecule has 0 radical (unpaired) electrons. The molecule has 1 aliphatic rings. The first kappa shape index (κ1) is 29.2. The summed E-state index contributed by atoms with van der Waals surface area (Å²) in [7, 11) is -5.89. The molecule has 1 saturated heterocycles. The molecule has 0 unspecified atom stereocenters. The molecular formula is C26H27Cl2N3O6S2. The molecule has 0 aliphatic carbocycles. The van der Waals surface area contributed by atoms with Crippen LogP contribution in [0.4, 0.5) is 11.4 Å². The molecular weight excluding hydrogens is 585 g/mol. The summed E-state index contributed by atoms with van der Waals surface area (Å²) in [5, 5.41) is 3.44. The maximum Gasteiger partial charge on any atom is 0.261 e. The van der Waals surface area contributed by atoms with Crippen molar-refractivity contribution >= 4 is 60.5 Å². The third-order valence-electron chi connectivity index (χ3n) is 6.33. The van der Waals surface area contributed by atoms with E-state index in [9.17, 15) is 21.6 Å². The summed E-state index contributed by atoms with van der Waals surface area (Å²) in [4.78, 5) is 12.9. The Kier molecular flexibility index (Phi) is 9.07. The van der Waals surface area contributed by atoms with Gasteiger partial charge in [-0.05, 0) is 79.1 Å². The fourth-order valence-corrected chi connectivity index (χ4v) is 7.09. The van der Waals surface area contributed by atoms with Crippen LogP contribution in [-0.4, -0.2) is 47.2 Å². The van der Waals surface area contributed by atoms with E-state index < -0.39 is 20.0 Å². The van der Waals surface area contributed by atoms with Crippen LogP contribution in [0.2, 0.25) is 10.0 Å². The number of carbonyl (C=O) groups excluding carboxylic acids is 1. The molecule has 0 saturated carbocycles. The highest BCUT2D eigenvalue weighted by molar-refractivity contribution is 7.92. The molecule has 4 rings (SSSR count). The highest BCUT2D eigenvalue weighted by atomic mass is 35.5. The first-order valence-electron chi connectivity index (χ1n) is 12.0. The maximum atomic E-state index is 12.9. The average Bonchev–Trinajstić information content (AvgIpc) is 2.91. The van der Waals surface area contributed by atoms with Crippen molar-refractivity contribution in [3.63, 3.8) is 0 Å². The quantitative estimate of drug-likeness (QED) is 0.352. The van der Waals surface area contributed by atoms with E-state index in [0.29, 0.717) is 45.6 Å². The summed E-state index contributed by atoms with van der Waals surface area (Å²) >= 11 is 11.9. The lowest BCUT2D eigenvalue weighted by molar-refractivity contribution is -0.120. The summed E-state index contributed by atoms with van der Waals surface area (Å²) in [6.07, 6.45) is 0.732. The van der Waals surface area contributed by atoms with Crippen LogP contribution >= 0.6 is 23.2 Å². The standard InChI is InChI=1S/C26H27Cl2N3O6S2/c1-37-22-7-3-21(4-8-22)30-39(35,36)23-9-5-20(6-10-23)29-26(32)19-12-14-31(15-13-19)38(33,34)17-18-2-11-24(27)25(28)16-18/h2-11,16,19,30H,12-15,17H2,1H3,(H,29,32). The fourth-order valence-electron chi connectivity index (χ4n) is 4.16. The summed E-state index contributed by atoms with van der Waals surface area (Å²) in [6, 6.07) is 17.0. The minimum atomic E-state index is -3.83. The van der Waals surface area contributed by atoms with Crippen molar-refractivity contribution in [2.75, 3.05) is 30.2 Å². The van der Waals surface area contributed by atoms with Gasteiger partial charge in [-0.25, -0.2) is 21.1 Å². The number of methoxy groups -OCH3 is 1. The molecule has 1 amide bonds. The number of benzene rings is 3. The van der Waals surface area contributed by atoms with Crippen LogP contribution in [0, 0.1) is 5.92 Å². The first-order chi connectivity index (χ1) is 18.5. The topological polar surface area (TPSA) is 122 Å². The largest absolute Gasteiger partial charge is 0.497 e. The molecule has 2 N–H and O–H groups in total. The summed E-state index contributed by atoms with van der Waals surface area (Å²) in [6.45, 7) is 0.436. The molecule has 9 nitrogen and oxygen atoms in total. The third-order valence-corrected chi connectivity index (χ3v) is 10.3. The van der Waals surface area contributed by atoms with Crippen LogP contribution in [-0.2, 0) is 30.6 Å². The predicted octanol–water partition coefficient (Wildman–Crippen LogP) is 4.98. The number of nitrogens with zero attached hydrogens (tertiary/aromatic N) is 1. The lowest BCUT2D eigenvalue weighted by Crippen LogP contribution is -2.41. The first-order valence-corrected chi connectivity index (χ1v) is 15.8. The molecule has 13 heteroatoms. The zero-order valence-corrected chi connectivity index (χ0v) is 24.1. The minimum Gasteiger partial charge on any atom is -0.497 e. The Labute approximate surface area is 238 Å². The zero-order valence-electron chi connectivity index (χ0n) is 20.9. The normalized spacial score (nSPS) is 15.1. The number of piperidine rings is 1. The van der Waals surface area contributed by atoms with Gasteiger partial charge in [0.15, 0.2) is 0 Å². The van der Waals surface area contributed by atoms with Crippen LogP contribution in [0.1, 0.15) is 18.4 Å². The van der Waals surface area contributed by atoms with Gasteiger partial charge in [-0.3, -0.25) is 9.52 Å². The molecule has 1 fully saturated rings. The monoisotopic (exact) mass is 611 g/mol. The van der Waals surface area contributed by atoms with Gasteiger partial charge in [-0.2, -0.15) is 0 Å². The molecule has 3 aromatic carbocycles. The van der Waals surface area contributed by atoms with E-state index in [1.807, 2.05) is 0 Å². The fraction of sp³-hybridized carbons (Fsp3) is 0.269. The molecule has 39 heavy (non-hydrogen) atoms. The number of sulfonamides is 2. The van der Waals surface area contributed by atoms with Gasteiger partial charge >= 0.3 is 0 Å². The van der Waals surface area contributed by atoms with Crippen molar-refractivity contribution in [3.8, 4) is 5.75 Å². The van der Waals surface area contributed by atoms with Gasteiger partial charge < -0.3 is 10.1 Å². The molecule has 1 heterocycles. The highest BCUT2D eigenvalue weighted by Gasteiger charge is 2.31. The van der Waals surface area contributed by atoms with E-state index in [2.05, 4.69) is 10.0 Å². The Hall–Kier alpha value is -2.83. The highest BCUT2D eigenvalue weighted by Crippen LogP contribution is 2.27. The van der Waals surface area contributed by atoms with Gasteiger partial charge in [0, 0.05) is 30.4 Å². The van der Waals surface area contributed by atoms with Gasteiger partial charge in [0.05, 0.1) is 27.8 Å². The number of hydrogen-bond acceptors (Lipinski definition) is 6. The summed E-state index contributed by atoms with van der Waals surface area (Å²) in [5.41, 5.74) is 1.37. The van der Waals surface area contributed by atoms with Crippen molar-refractivity contribution in [1.29, 1.82) is 0 Å². The predicted molar refractivity (Wildman–Crippen MR) is 152 cm³/mol. The Morgan fingerprint density at radius 2 is 1.51 bits per heavy atom. The van der Waals surface area contributed by atoms with E-state index in [4.69, 9.17) is 27.9 Å². The molecule has 3 aromatic rings. The number of nitrogens with one attached hydrogen (secondary N) is 2. The number of hydrogen-bond donors (Lipinski definition) is 2. The number of rotatable bonds is 9. The van der Waals surface area contributed by atoms with Crippen LogP contribution in [0.25, 0.3) is 0 Å². The SMILES string of the molecule is COc1ccc(NS(=O)(=O)c2ccc(NC(=O)C3CCN(S(=O)(=O)Cc4ccc(Cl)c(Cl)c4)CC3)cc2)cc1. The molecule has 0 spiro atoms. The second kappa shape index (κ2) is 12.1. The minimum absolute atomic E-state index is 0.0387. The van der Waals surface area contributed by atoms with Crippen molar-refractivity contribution in [3.05, 3.63) is 82.3 Å². The van der Waals surface area contributed by atoms with Gasteiger partial charge in [-0.1, -0.05) is 29.3 Å². The van der Waals surface area contributed by atoms with Crippen molar-refractivity contribution in [2.45, 2.75) is 23.5 Å². The van der Waals surface area contributed by atoms with Gasteiger partial charge in [0.2, 0.25) is 15.9 Å². The van der Waals surface area contributed by atoms with Crippen molar-refractivity contribution < 1.29 is 26.4 Å². The van der Waals surface area contributed by atoms with E-state index in [1.54, 1.807) is 36.4 Å². The zero-order chi connectivity index (χ0) is 28.2. The Morgan fingerprint density at radius 1 is 0.897 bits per heavy atom. The van der Waals surface area contributed by atoms with E-state index >= 15 is 0 Å². The van der Waals surface area contributed by atoms with Crippen molar-refractivity contribution in [2.24, 2.45) is 5.92 Å². The van der Waals surface area contributed by atoms with E-state index in [1.165, 1.54) is 41.7 Å². The Morgan fingerprint density at radius 3 is 2.10 bits per heavy atom. The average molecular weight is 613 g/mol. The maximum absolute atomic E-state index is 12.9. The van der Waals surface area contributed by atoms with Crippen LogP contribution in [0.5, 0.6) is 5.75 Å². The molecule has 1 aliphatic heterocycles. The Balaban J connectivity index is 1.31. The lowest BCUT2D eigenvalue weighted by Gasteiger charge is -2.30. The third kappa shape index (κ3) is 7.43. The van der Waals surface area contributed by atoms with Crippen LogP contribution < -0.4 is 14.8 Å². The van der Waals surface area contributed by atoms with Crippen LogP contribution in [0.15, 0.2) is 71.6 Å². The van der Waals surface area contributed by atoms with Gasteiger partial charge in [0.25, 0.3) is 10.0 Å². The lowest BCUT2D eigenvalue weighted by atomic mass is 9.97. The number of carbonyl (C=O) groups is 1. The second-order valence-electron chi connectivity index (χ2n) is 9.03. The number of halogens is 2. The van der Waals surface area contributed by atoms with Gasteiger partial charge in [0.1, 0.15) is 5.75 Å². The number of anilines is 2. The molecule has 0 atom stereocenters. The number of ether oxygens (including phenoxy) is 1. The molecule has 0 aromatic heterocycles. The number of amides is 1. The van der Waals surface area contributed by atoms with Crippen molar-refractivity contribution in [1.82, 2.24) is 4.31 Å². The molecule has 208 valence electrons.